The highest BCUT2D eigenvalue weighted by Crippen LogP contribution is 2.34. The molecule has 0 aliphatic rings. The number of hydrogen-bond acceptors (Lipinski definition) is 2. The maximum Gasteiger partial charge on any atom is 0.119 e. The van der Waals surface area contributed by atoms with Crippen LogP contribution in [0.5, 0.6) is 5.75 Å². The van der Waals surface area contributed by atoms with Crippen molar-refractivity contribution in [3.63, 3.8) is 0 Å². The monoisotopic (exact) mass is 294 g/mol. The summed E-state index contributed by atoms with van der Waals surface area (Å²) in [5.74, 6) is 1.26. The molecule has 0 saturated carbocycles. The molecule has 3 rings (SSSR count). The van der Waals surface area contributed by atoms with Gasteiger partial charge in [-0.25, -0.2) is 0 Å². The highest BCUT2D eigenvalue weighted by atomic mass is 16.5. The average molecular weight is 294 g/mol. The summed E-state index contributed by atoms with van der Waals surface area (Å²) >= 11 is 0. The molecule has 0 fully saturated rings. The van der Waals surface area contributed by atoms with Crippen molar-refractivity contribution in [2.75, 3.05) is 20.7 Å². The van der Waals surface area contributed by atoms with Crippen LogP contribution in [0.4, 0.5) is 0 Å². The smallest absolute Gasteiger partial charge is 0.119 e. The minimum Gasteiger partial charge on any atom is -0.497 e. The minimum absolute atomic E-state index is 0.346. The van der Waals surface area contributed by atoms with E-state index in [2.05, 4.69) is 59.0 Å². The van der Waals surface area contributed by atoms with Crippen molar-refractivity contribution < 1.29 is 4.74 Å². The zero-order chi connectivity index (χ0) is 15.4. The molecule has 2 N–H and O–H groups in total. The number of nitrogens with one attached hydrogen (secondary N) is 2. The third-order valence-electron chi connectivity index (χ3n) is 4.18. The van der Waals surface area contributed by atoms with Crippen molar-refractivity contribution in [2.45, 2.75) is 12.3 Å². The predicted molar refractivity (Wildman–Crippen MR) is 91.7 cm³/mol. The summed E-state index contributed by atoms with van der Waals surface area (Å²) in [6.07, 6.45) is 3.19. The summed E-state index contributed by atoms with van der Waals surface area (Å²) < 4.78 is 5.39. The molecule has 0 spiro atoms. The van der Waals surface area contributed by atoms with Crippen molar-refractivity contribution in [3.8, 4) is 5.75 Å². The summed E-state index contributed by atoms with van der Waals surface area (Å²) in [5, 5.41) is 4.56. The number of aromatic nitrogens is 1. The van der Waals surface area contributed by atoms with Gasteiger partial charge < -0.3 is 15.0 Å². The van der Waals surface area contributed by atoms with Gasteiger partial charge in [-0.15, -0.1) is 0 Å². The van der Waals surface area contributed by atoms with Crippen molar-refractivity contribution in [3.05, 3.63) is 65.9 Å². The van der Waals surface area contributed by atoms with Crippen LogP contribution in [0.2, 0.25) is 0 Å². The van der Waals surface area contributed by atoms with E-state index in [0.29, 0.717) is 5.92 Å². The molecule has 0 bridgehead atoms. The number of methoxy groups -OCH3 is 1. The SMILES string of the molecule is CNCCC(c1cccc(OC)c1)c1c[nH]c2ccccc12. The Labute approximate surface area is 131 Å². The van der Waals surface area contributed by atoms with Crippen molar-refractivity contribution in [2.24, 2.45) is 0 Å². The van der Waals surface area contributed by atoms with E-state index < -0.39 is 0 Å². The lowest BCUT2D eigenvalue weighted by molar-refractivity contribution is 0.414. The van der Waals surface area contributed by atoms with E-state index in [0.717, 1.165) is 18.7 Å². The Hall–Kier alpha value is -2.26. The summed E-state index contributed by atoms with van der Waals surface area (Å²) in [7, 11) is 3.71. The zero-order valence-electron chi connectivity index (χ0n) is 13.1. The fourth-order valence-electron chi connectivity index (χ4n) is 3.03. The van der Waals surface area contributed by atoms with E-state index in [1.807, 2.05) is 13.1 Å². The van der Waals surface area contributed by atoms with Gasteiger partial charge in [0.15, 0.2) is 0 Å². The number of aromatic amines is 1. The Morgan fingerprint density at radius 2 is 2.00 bits per heavy atom. The lowest BCUT2D eigenvalue weighted by Gasteiger charge is -2.18. The molecule has 0 aliphatic heterocycles. The van der Waals surface area contributed by atoms with Crippen LogP contribution in [-0.4, -0.2) is 25.7 Å². The fourth-order valence-corrected chi connectivity index (χ4v) is 3.03. The summed E-state index contributed by atoms with van der Waals surface area (Å²) in [4.78, 5) is 3.39. The molecule has 3 heteroatoms. The van der Waals surface area contributed by atoms with Gasteiger partial charge in [0, 0.05) is 23.0 Å². The minimum atomic E-state index is 0.346. The lowest BCUT2D eigenvalue weighted by Crippen LogP contribution is -2.13. The number of para-hydroxylation sites is 1. The Morgan fingerprint density at radius 1 is 1.14 bits per heavy atom. The first-order chi connectivity index (χ1) is 10.8. The van der Waals surface area contributed by atoms with Crippen molar-refractivity contribution in [1.82, 2.24) is 10.3 Å². The van der Waals surface area contributed by atoms with Gasteiger partial charge in [0.25, 0.3) is 0 Å². The largest absolute Gasteiger partial charge is 0.497 e. The van der Waals surface area contributed by atoms with E-state index in [9.17, 15) is 0 Å². The number of hydrogen-bond donors (Lipinski definition) is 2. The van der Waals surface area contributed by atoms with E-state index in [-0.39, 0.29) is 0 Å². The van der Waals surface area contributed by atoms with Crippen LogP contribution in [0, 0.1) is 0 Å². The van der Waals surface area contributed by atoms with Crippen LogP contribution >= 0.6 is 0 Å². The molecule has 114 valence electrons. The topological polar surface area (TPSA) is 37.0 Å². The summed E-state index contributed by atoms with van der Waals surface area (Å²) in [6.45, 7) is 0.974. The molecule has 2 aromatic carbocycles. The molecule has 1 unspecified atom stereocenters. The van der Waals surface area contributed by atoms with Gasteiger partial charge in [0.05, 0.1) is 7.11 Å². The van der Waals surface area contributed by atoms with Gasteiger partial charge in [-0.2, -0.15) is 0 Å². The van der Waals surface area contributed by atoms with Gasteiger partial charge >= 0.3 is 0 Å². The predicted octanol–water partition coefficient (Wildman–Crippen LogP) is 3.92. The Bertz CT molecular complexity index is 748. The molecule has 0 saturated heterocycles. The first-order valence-corrected chi connectivity index (χ1v) is 7.68. The first kappa shape index (κ1) is 14.7. The molecule has 0 aliphatic carbocycles. The standard InChI is InChI=1S/C19H22N2O/c1-20-11-10-16(14-6-5-7-15(12-14)22-2)18-13-21-19-9-4-3-8-17(18)19/h3-9,12-13,16,20-21H,10-11H2,1-2H3. The second kappa shape index (κ2) is 6.67. The third-order valence-corrected chi connectivity index (χ3v) is 4.18. The number of benzene rings is 2. The lowest BCUT2D eigenvalue weighted by atomic mass is 9.88. The van der Waals surface area contributed by atoms with Gasteiger partial charge in [0.1, 0.15) is 5.75 Å². The number of fused-ring (bicyclic) bond motifs is 1. The highest BCUT2D eigenvalue weighted by molar-refractivity contribution is 5.84. The highest BCUT2D eigenvalue weighted by Gasteiger charge is 2.18. The number of H-pyrrole nitrogens is 1. The maximum absolute atomic E-state index is 5.39. The van der Waals surface area contributed by atoms with Crippen LogP contribution in [0.15, 0.2) is 54.7 Å². The Balaban J connectivity index is 2.05. The van der Waals surface area contributed by atoms with Gasteiger partial charge in [-0.05, 0) is 49.3 Å². The summed E-state index contributed by atoms with van der Waals surface area (Å²) in [5.41, 5.74) is 3.83. The second-order valence-electron chi connectivity index (χ2n) is 5.51. The summed E-state index contributed by atoms with van der Waals surface area (Å²) in [6, 6.07) is 16.9. The Morgan fingerprint density at radius 3 is 2.82 bits per heavy atom. The molecule has 1 heterocycles. The molecule has 1 atom stereocenters. The molecular formula is C19H22N2O. The molecular weight excluding hydrogens is 272 g/mol. The number of rotatable bonds is 6. The number of ether oxygens (including phenoxy) is 1. The van der Waals surface area contributed by atoms with E-state index in [4.69, 9.17) is 4.74 Å². The van der Waals surface area contributed by atoms with E-state index in [1.54, 1.807) is 7.11 Å². The van der Waals surface area contributed by atoms with Crippen LogP contribution in [-0.2, 0) is 0 Å². The molecule has 0 radical (unpaired) electrons. The zero-order valence-corrected chi connectivity index (χ0v) is 13.1. The molecule has 22 heavy (non-hydrogen) atoms. The normalized spacial score (nSPS) is 12.5. The van der Waals surface area contributed by atoms with Crippen molar-refractivity contribution in [1.29, 1.82) is 0 Å². The first-order valence-electron chi connectivity index (χ1n) is 7.68. The second-order valence-corrected chi connectivity index (χ2v) is 5.51. The molecule has 1 aromatic heterocycles. The van der Waals surface area contributed by atoms with E-state index in [1.165, 1.54) is 22.0 Å². The van der Waals surface area contributed by atoms with Gasteiger partial charge in [-0.3, -0.25) is 0 Å². The van der Waals surface area contributed by atoms with Crippen LogP contribution < -0.4 is 10.1 Å². The Kier molecular flexibility index (Phi) is 4.45. The fraction of sp³-hybridized carbons (Fsp3) is 0.263. The molecule has 0 amide bonds. The van der Waals surface area contributed by atoms with Gasteiger partial charge in [-0.1, -0.05) is 30.3 Å². The van der Waals surface area contributed by atoms with Crippen LogP contribution in [0.1, 0.15) is 23.5 Å². The van der Waals surface area contributed by atoms with Crippen molar-refractivity contribution >= 4 is 10.9 Å². The van der Waals surface area contributed by atoms with Gasteiger partial charge in [0.2, 0.25) is 0 Å². The quantitative estimate of drug-likeness (QED) is 0.723. The maximum atomic E-state index is 5.39. The third kappa shape index (κ3) is 2.85. The van der Waals surface area contributed by atoms with E-state index >= 15 is 0 Å². The molecule has 3 aromatic rings. The average Bonchev–Trinajstić information content (AvgIpc) is 3.00. The molecule has 3 nitrogen and oxygen atoms in total. The van der Waals surface area contributed by atoms with Crippen LogP contribution in [0.3, 0.4) is 0 Å². The van der Waals surface area contributed by atoms with Crippen LogP contribution in [0.25, 0.3) is 10.9 Å².